The fraction of sp³-hybridized carbons (Fsp3) is 0.588. The van der Waals surface area contributed by atoms with Crippen LogP contribution in [0.1, 0.15) is 34.6 Å². The number of carbonyl (C=O) groups is 1. The summed E-state index contributed by atoms with van der Waals surface area (Å²) >= 11 is 0. The number of hydrogen-bond donors (Lipinski definition) is 1. The van der Waals surface area contributed by atoms with Crippen molar-refractivity contribution >= 4 is 5.91 Å². The van der Waals surface area contributed by atoms with Gasteiger partial charge in [0.2, 0.25) is 0 Å². The van der Waals surface area contributed by atoms with Gasteiger partial charge in [-0.15, -0.1) is 0 Å². The number of benzene rings is 1. The number of hydrogen-bond acceptors (Lipinski definition) is 2. The molecule has 1 amide bonds. The predicted molar refractivity (Wildman–Crippen MR) is 82.7 cm³/mol. The molecular formula is C17H26FNO2. The van der Waals surface area contributed by atoms with Crippen LogP contribution in [0.2, 0.25) is 0 Å². The number of amides is 1. The molecule has 3 nitrogen and oxygen atoms in total. The molecule has 118 valence electrons. The number of nitrogens with one attached hydrogen (secondary N) is 1. The number of para-hydroxylation sites is 1. The average Bonchev–Trinajstić information content (AvgIpc) is 2.40. The topological polar surface area (TPSA) is 38.3 Å². The van der Waals surface area contributed by atoms with E-state index in [1.54, 1.807) is 19.1 Å². The van der Waals surface area contributed by atoms with Gasteiger partial charge < -0.3 is 10.1 Å². The first-order valence-electron chi connectivity index (χ1n) is 7.51. The second-order valence-corrected chi connectivity index (χ2v) is 6.09. The van der Waals surface area contributed by atoms with Gasteiger partial charge in [0.15, 0.2) is 17.7 Å². The number of carbonyl (C=O) groups excluding carboxylic acids is 1. The van der Waals surface area contributed by atoms with Crippen LogP contribution in [-0.2, 0) is 4.79 Å². The molecule has 1 aromatic carbocycles. The summed E-state index contributed by atoms with van der Waals surface area (Å²) in [5.41, 5.74) is 0. The molecule has 1 aromatic rings. The van der Waals surface area contributed by atoms with Crippen LogP contribution in [0.3, 0.4) is 0 Å². The minimum atomic E-state index is -0.720. The minimum Gasteiger partial charge on any atom is -0.478 e. The standard InChI is InChI=1S/C17H26FNO2/c1-11(2)14(12(3)4)10-19-17(20)13(5)21-16-9-7-6-8-15(16)18/h6-9,11-14H,10H2,1-5H3,(H,19,20). The van der Waals surface area contributed by atoms with Gasteiger partial charge in [0, 0.05) is 6.54 Å². The van der Waals surface area contributed by atoms with Crippen LogP contribution in [0.5, 0.6) is 5.75 Å². The molecule has 0 saturated carbocycles. The van der Waals surface area contributed by atoms with Gasteiger partial charge in [-0.2, -0.15) is 0 Å². The van der Waals surface area contributed by atoms with E-state index in [-0.39, 0.29) is 11.7 Å². The Morgan fingerprint density at radius 2 is 1.71 bits per heavy atom. The van der Waals surface area contributed by atoms with Crippen molar-refractivity contribution in [2.45, 2.75) is 40.7 Å². The normalized spacial score (nSPS) is 12.8. The molecular weight excluding hydrogens is 269 g/mol. The van der Waals surface area contributed by atoms with Crippen LogP contribution in [0.25, 0.3) is 0 Å². The molecule has 1 unspecified atom stereocenters. The highest BCUT2D eigenvalue weighted by Gasteiger charge is 2.21. The molecule has 0 aliphatic heterocycles. The molecule has 0 radical (unpaired) electrons. The largest absolute Gasteiger partial charge is 0.478 e. The first-order valence-corrected chi connectivity index (χ1v) is 7.51. The van der Waals surface area contributed by atoms with E-state index in [1.807, 2.05) is 0 Å². The Balaban J connectivity index is 2.53. The molecule has 0 fully saturated rings. The quantitative estimate of drug-likeness (QED) is 0.834. The molecule has 1 N–H and O–H groups in total. The first-order chi connectivity index (χ1) is 9.82. The first kappa shape index (κ1) is 17.5. The summed E-state index contributed by atoms with van der Waals surface area (Å²) in [5.74, 6) is 0.823. The molecule has 4 heteroatoms. The molecule has 1 atom stereocenters. The summed E-state index contributed by atoms with van der Waals surface area (Å²) in [7, 11) is 0. The summed E-state index contributed by atoms with van der Waals surface area (Å²) in [6, 6.07) is 6.09. The minimum absolute atomic E-state index is 0.101. The Hall–Kier alpha value is -1.58. The molecule has 0 aliphatic rings. The van der Waals surface area contributed by atoms with Crippen LogP contribution in [0.15, 0.2) is 24.3 Å². The van der Waals surface area contributed by atoms with Crippen LogP contribution >= 0.6 is 0 Å². The lowest BCUT2D eigenvalue weighted by atomic mass is 9.85. The van der Waals surface area contributed by atoms with E-state index in [0.717, 1.165) is 0 Å². The van der Waals surface area contributed by atoms with Crippen molar-refractivity contribution in [3.8, 4) is 5.75 Å². The molecule has 0 aliphatic carbocycles. The van der Waals surface area contributed by atoms with Crippen LogP contribution in [0, 0.1) is 23.6 Å². The van der Waals surface area contributed by atoms with E-state index >= 15 is 0 Å². The van der Waals surface area contributed by atoms with Gasteiger partial charge in [0.25, 0.3) is 5.91 Å². The van der Waals surface area contributed by atoms with Crippen LogP contribution < -0.4 is 10.1 Å². The van der Waals surface area contributed by atoms with Gasteiger partial charge in [-0.25, -0.2) is 4.39 Å². The van der Waals surface area contributed by atoms with E-state index in [0.29, 0.717) is 24.3 Å². The molecule has 0 heterocycles. The van der Waals surface area contributed by atoms with Crippen molar-refractivity contribution in [2.75, 3.05) is 6.54 Å². The van der Waals surface area contributed by atoms with Gasteiger partial charge in [0.1, 0.15) is 0 Å². The fourth-order valence-electron chi connectivity index (χ4n) is 2.39. The Morgan fingerprint density at radius 1 is 1.14 bits per heavy atom. The van der Waals surface area contributed by atoms with E-state index in [2.05, 4.69) is 33.0 Å². The summed E-state index contributed by atoms with van der Waals surface area (Å²) in [4.78, 5) is 12.0. The fourth-order valence-corrected chi connectivity index (χ4v) is 2.39. The monoisotopic (exact) mass is 295 g/mol. The van der Waals surface area contributed by atoms with Crippen molar-refractivity contribution in [1.82, 2.24) is 5.32 Å². The summed E-state index contributed by atoms with van der Waals surface area (Å²) in [6.45, 7) is 10.8. The van der Waals surface area contributed by atoms with Gasteiger partial charge >= 0.3 is 0 Å². The zero-order valence-corrected chi connectivity index (χ0v) is 13.5. The van der Waals surface area contributed by atoms with Gasteiger partial charge in [0.05, 0.1) is 0 Å². The number of halogens is 1. The van der Waals surface area contributed by atoms with Crippen LogP contribution in [0.4, 0.5) is 4.39 Å². The summed E-state index contributed by atoms with van der Waals surface area (Å²) in [6.07, 6.45) is -0.720. The van der Waals surface area contributed by atoms with Crippen molar-refractivity contribution in [2.24, 2.45) is 17.8 Å². The van der Waals surface area contributed by atoms with E-state index < -0.39 is 11.9 Å². The van der Waals surface area contributed by atoms with Crippen molar-refractivity contribution in [3.63, 3.8) is 0 Å². The zero-order valence-electron chi connectivity index (χ0n) is 13.5. The molecule has 0 saturated heterocycles. The Kier molecular flexibility index (Phi) is 6.66. The Morgan fingerprint density at radius 3 is 2.24 bits per heavy atom. The Bertz CT molecular complexity index is 452. The van der Waals surface area contributed by atoms with Crippen molar-refractivity contribution in [1.29, 1.82) is 0 Å². The number of ether oxygens (including phenoxy) is 1. The summed E-state index contributed by atoms with van der Waals surface area (Å²) in [5, 5.41) is 2.90. The third-order valence-corrected chi connectivity index (χ3v) is 3.73. The van der Waals surface area contributed by atoms with E-state index in [1.165, 1.54) is 12.1 Å². The summed E-state index contributed by atoms with van der Waals surface area (Å²) < 4.78 is 18.9. The highest BCUT2D eigenvalue weighted by Crippen LogP contribution is 2.20. The maximum atomic E-state index is 13.5. The Labute approximate surface area is 126 Å². The predicted octanol–water partition coefficient (Wildman–Crippen LogP) is 3.64. The third-order valence-electron chi connectivity index (χ3n) is 3.73. The molecule has 0 spiro atoms. The number of rotatable bonds is 7. The lowest BCUT2D eigenvalue weighted by Crippen LogP contribution is -2.41. The van der Waals surface area contributed by atoms with E-state index in [4.69, 9.17) is 4.74 Å². The lowest BCUT2D eigenvalue weighted by Gasteiger charge is -2.26. The lowest BCUT2D eigenvalue weighted by molar-refractivity contribution is -0.127. The second-order valence-electron chi connectivity index (χ2n) is 6.09. The third kappa shape index (κ3) is 5.37. The molecule has 0 bridgehead atoms. The molecule has 1 rings (SSSR count). The van der Waals surface area contributed by atoms with Crippen LogP contribution in [-0.4, -0.2) is 18.6 Å². The van der Waals surface area contributed by atoms with Gasteiger partial charge in [-0.05, 0) is 36.8 Å². The van der Waals surface area contributed by atoms with Crippen molar-refractivity contribution < 1.29 is 13.9 Å². The highest BCUT2D eigenvalue weighted by molar-refractivity contribution is 5.80. The van der Waals surface area contributed by atoms with Crippen molar-refractivity contribution in [3.05, 3.63) is 30.1 Å². The maximum absolute atomic E-state index is 13.5. The van der Waals surface area contributed by atoms with Gasteiger partial charge in [-0.1, -0.05) is 39.8 Å². The smallest absolute Gasteiger partial charge is 0.260 e. The molecule has 21 heavy (non-hydrogen) atoms. The zero-order chi connectivity index (χ0) is 16.0. The molecule has 0 aromatic heterocycles. The second kappa shape index (κ2) is 8.01. The average molecular weight is 295 g/mol. The maximum Gasteiger partial charge on any atom is 0.260 e. The SMILES string of the molecule is CC(Oc1ccccc1F)C(=O)NCC(C(C)C)C(C)C. The van der Waals surface area contributed by atoms with Gasteiger partial charge in [-0.3, -0.25) is 4.79 Å². The highest BCUT2D eigenvalue weighted by atomic mass is 19.1. The van der Waals surface area contributed by atoms with E-state index in [9.17, 15) is 9.18 Å².